The van der Waals surface area contributed by atoms with Gasteiger partial charge in [0.05, 0.1) is 12.7 Å². The van der Waals surface area contributed by atoms with Gasteiger partial charge in [0, 0.05) is 10.4 Å². The molecule has 2 nitrogen and oxygen atoms in total. The quantitative estimate of drug-likeness (QED) is 0.765. The molecule has 3 heteroatoms. The van der Waals surface area contributed by atoms with Crippen molar-refractivity contribution < 1.29 is 4.74 Å². The van der Waals surface area contributed by atoms with E-state index in [2.05, 4.69) is 6.07 Å². The molecule has 0 saturated carbocycles. The fourth-order valence-corrected chi connectivity index (χ4v) is 2.22. The van der Waals surface area contributed by atoms with Gasteiger partial charge < -0.3 is 4.74 Å². The molecule has 0 aliphatic heterocycles. The second-order valence-corrected chi connectivity index (χ2v) is 4.34. The van der Waals surface area contributed by atoms with Gasteiger partial charge in [-0.2, -0.15) is 5.26 Å². The van der Waals surface area contributed by atoms with E-state index in [1.807, 2.05) is 47.9 Å². The monoisotopic (exact) mass is 241 g/mol. The molecule has 0 aliphatic carbocycles. The highest BCUT2D eigenvalue weighted by Crippen LogP contribution is 2.26. The number of hydrogen-bond donors (Lipinski definition) is 0. The minimum Gasteiger partial charge on any atom is -0.496 e. The molecule has 0 radical (unpaired) electrons. The van der Waals surface area contributed by atoms with Crippen molar-refractivity contribution in [1.29, 1.82) is 5.26 Å². The summed E-state index contributed by atoms with van der Waals surface area (Å²) >= 11 is 1.56. The Bertz CT molecular complexity index is 564. The molecule has 84 valence electrons. The predicted octanol–water partition coefficient (Wildman–Crippen LogP) is 3.82. The van der Waals surface area contributed by atoms with Crippen LogP contribution < -0.4 is 4.74 Å². The molecule has 17 heavy (non-hydrogen) atoms. The number of nitrogens with zero attached hydrogens (tertiary/aromatic N) is 1. The fourth-order valence-electron chi connectivity index (χ4n) is 1.53. The SMILES string of the molecule is COc1ccccc1/C=C(/C#N)c1cccs1. The Hall–Kier alpha value is -2.05. The first kappa shape index (κ1) is 11.4. The van der Waals surface area contributed by atoms with Gasteiger partial charge in [-0.3, -0.25) is 0 Å². The van der Waals surface area contributed by atoms with Crippen molar-refractivity contribution in [3.63, 3.8) is 0 Å². The molecule has 0 amide bonds. The normalized spacial score (nSPS) is 10.9. The van der Waals surface area contributed by atoms with Crippen LogP contribution >= 0.6 is 11.3 Å². The molecule has 1 aromatic carbocycles. The highest BCUT2D eigenvalue weighted by atomic mass is 32.1. The Labute approximate surface area is 104 Å². The molecular weight excluding hydrogens is 230 g/mol. The van der Waals surface area contributed by atoms with Crippen molar-refractivity contribution in [1.82, 2.24) is 0 Å². The topological polar surface area (TPSA) is 33.0 Å². The standard InChI is InChI=1S/C14H11NOS/c1-16-13-6-3-2-5-11(13)9-12(10-15)14-7-4-8-17-14/h2-9H,1H3/b12-9-. The second kappa shape index (κ2) is 5.33. The van der Waals surface area contributed by atoms with Crippen molar-refractivity contribution in [3.05, 3.63) is 52.2 Å². The van der Waals surface area contributed by atoms with E-state index in [9.17, 15) is 5.26 Å². The Kier molecular flexibility index (Phi) is 3.59. The lowest BCUT2D eigenvalue weighted by Gasteiger charge is -2.04. The van der Waals surface area contributed by atoms with Crippen LogP contribution in [0.1, 0.15) is 10.4 Å². The Morgan fingerprint density at radius 2 is 2.12 bits per heavy atom. The summed E-state index contributed by atoms with van der Waals surface area (Å²) in [5.74, 6) is 0.775. The highest BCUT2D eigenvalue weighted by Gasteiger charge is 2.04. The van der Waals surface area contributed by atoms with E-state index < -0.39 is 0 Å². The summed E-state index contributed by atoms with van der Waals surface area (Å²) in [5, 5.41) is 11.1. The average Bonchev–Trinajstić information content (AvgIpc) is 2.90. The van der Waals surface area contributed by atoms with Crippen LogP contribution in [-0.2, 0) is 0 Å². The van der Waals surface area contributed by atoms with Gasteiger partial charge in [-0.25, -0.2) is 0 Å². The van der Waals surface area contributed by atoms with E-state index in [1.165, 1.54) is 0 Å². The number of hydrogen-bond acceptors (Lipinski definition) is 3. The molecule has 2 rings (SSSR count). The van der Waals surface area contributed by atoms with Crippen molar-refractivity contribution in [2.24, 2.45) is 0 Å². The Morgan fingerprint density at radius 3 is 2.76 bits per heavy atom. The summed E-state index contributed by atoms with van der Waals surface area (Å²) < 4.78 is 5.26. The lowest BCUT2D eigenvalue weighted by molar-refractivity contribution is 0.414. The summed E-state index contributed by atoms with van der Waals surface area (Å²) in [6.07, 6.45) is 1.85. The largest absolute Gasteiger partial charge is 0.496 e. The molecule has 1 aromatic heterocycles. The lowest BCUT2D eigenvalue weighted by atomic mass is 10.1. The zero-order valence-electron chi connectivity index (χ0n) is 9.38. The maximum absolute atomic E-state index is 9.17. The van der Waals surface area contributed by atoms with E-state index in [1.54, 1.807) is 18.4 Å². The minimum absolute atomic E-state index is 0.657. The fraction of sp³-hybridized carbons (Fsp3) is 0.0714. The molecule has 0 saturated heterocycles. The number of rotatable bonds is 3. The molecule has 0 fully saturated rings. The molecule has 2 aromatic rings. The average molecular weight is 241 g/mol. The molecule has 0 atom stereocenters. The van der Waals surface area contributed by atoms with Crippen LogP contribution in [0.2, 0.25) is 0 Å². The molecule has 0 bridgehead atoms. The van der Waals surface area contributed by atoms with Crippen LogP contribution in [0.25, 0.3) is 11.6 Å². The first-order chi connectivity index (χ1) is 8.35. The van der Waals surface area contributed by atoms with Crippen LogP contribution in [0.15, 0.2) is 41.8 Å². The van der Waals surface area contributed by atoms with Gasteiger partial charge in [0.2, 0.25) is 0 Å². The van der Waals surface area contributed by atoms with E-state index >= 15 is 0 Å². The van der Waals surface area contributed by atoms with Gasteiger partial charge in [0.15, 0.2) is 0 Å². The van der Waals surface area contributed by atoms with E-state index in [4.69, 9.17) is 4.74 Å². The van der Waals surface area contributed by atoms with Crippen molar-refractivity contribution in [2.45, 2.75) is 0 Å². The van der Waals surface area contributed by atoms with Crippen LogP contribution in [-0.4, -0.2) is 7.11 Å². The smallest absolute Gasteiger partial charge is 0.126 e. The molecular formula is C14H11NOS. The number of para-hydroxylation sites is 1. The minimum atomic E-state index is 0.657. The summed E-state index contributed by atoms with van der Waals surface area (Å²) in [7, 11) is 1.63. The molecule has 0 unspecified atom stereocenters. The zero-order valence-corrected chi connectivity index (χ0v) is 10.2. The number of benzene rings is 1. The van der Waals surface area contributed by atoms with Crippen LogP contribution in [0.4, 0.5) is 0 Å². The van der Waals surface area contributed by atoms with Crippen LogP contribution in [0, 0.1) is 11.3 Å². The highest BCUT2D eigenvalue weighted by molar-refractivity contribution is 7.11. The maximum Gasteiger partial charge on any atom is 0.126 e. The number of allylic oxidation sites excluding steroid dienone is 1. The summed E-state index contributed by atoms with van der Waals surface area (Å²) in [4.78, 5) is 0.971. The van der Waals surface area contributed by atoms with Crippen molar-refractivity contribution in [3.8, 4) is 11.8 Å². The van der Waals surface area contributed by atoms with Crippen LogP contribution in [0.3, 0.4) is 0 Å². The maximum atomic E-state index is 9.17. The Balaban J connectivity index is 2.44. The van der Waals surface area contributed by atoms with Crippen molar-refractivity contribution >= 4 is 23.0 Å². The molecule has 1 heterocycles. The van der Waals surface area contributed by atoms with Gasteiger partial charge in [-0.05, 0) is 23.6 Å². The summed E-state index contributed by atoms with van der Waals surface area (Å²) in [5.41, 5.74) is 1.57. The van der Waals surface area contributed by atoms with Gasteiger partial charge >= 0.3 is 0 Å². The molecule has 0 N–H and O–H groups in total. The first-order valence-corrected chi connectivity index (χ1v) is 6.02. The molecule has 0 spiro atoms. The molecule has 0 aliphatic rings. The van der Waals surface area contributed by atoms with Gasteiger partial charge in [-0.1, -0.05) is 24.3 Å². The first-order valence-electron chi connectivity index (χ1n) is 5.14. The number of thiophene rings is 1. The summed E-state index contributed by atoms with van der Waals surface area (Å²) in [6, 6.07) is 13.8. The van der Waals surface area contributed by atoms with Crippen molar-refractivity contribution in [2.75, 3.05) is 7.11 Å². The Morgan fingerprint density at radius 1 is 1.29 bits per heavy atom. The number of methoxy groups -OCH3 is 1. The van der Waals surface area contributed by atoms with E-state index in [0.717, 1.165) is 16.2 Å². The van der Waals surface area contributed by atoms with Gasteiger partial charge in [-0.15, -0.1) is 11.3 Å². The summed E-state index contributed by atoms with van der Waals surface area (Å²) in [6.45, 7) is 0. The lowest BCUT2D eigenvalue weighted by Crippen LogP contribution is -1.86. The predicted molar refractivity (Wildman–Crippen MR) is 70.8 cm³/mol. The van der Waals surface area contributed by atoms with Crippen LogP contribution in [0.5, 0.6) is 5.75 Å². The van der Waals surface area contributed by atoms with Gasteiger partial charge in [0.1, 0.15) is 11.8 Å². The second-order valence-electron chi connectivity index (χ2n) is 3.39. The van der Waals surface area contributed by atoms with E-state index in [0.29, 0.717) is 5.57 Å². The zero-order chi connectivity index (χ0) is 12.1. The third-order valence-corrected chi connectivity index (χ3v) is 3.25. The van der Waals surface area contributed by atoms with Gasteiger partial charge in [0.25, 0.3) is 0 Å². The third-order valence-electron chi connectivity index (χ3n) is 2.35. The number of ether oxygens (including phenoxy) is 1. The number of nitriles is 1. The third kappa shape index (κ3) is 2.55. The van der Waals surface area contributed by atoms with E-state index in [-0.39, 0.29) is 0 Å².